The topological polar surface area (TPSA) is 3.24 Å². The quantitative estimate of drug-likeness (QED) is 0.155. The lowest BCUT2D eigenvalue weighted by Gasteiger charge is -2.28. The van der Waals surface area contributed by atoms with Gasteiger partial charge in [0.2, 0.25) is 0 Å². The lowest BCUT2D eigenvalue weighted by atomic mass is 9.92. The molecule has 290 valence electrons. The largest absolute Gasteiger partial charge is 0.310 e. The van der Waals surface area contributed by atoms with E-state index in [2.05, 4.69) is 241 Å². The molecule has 1 nitrogen and oxygen atoms in total. The van der Waals surface area contributed by atoms with Gasteiger partial charge in [-0.2, -0.15) is 0 Å². The first-order chi connectivity index (χ1) is 30.7. The third-order valence-corrected chi connectivity index (χ3v) is 13.6. The van der Waals surface area contributed by atoms with E-state index in [0.29, 0.717) is 0 Å². The highest BCUT2D eigenvalue weighted by Crippen LogP contribution is 2.48. The molecule has 0 saturated heterocycles. The average molecular weight is 806 g/mol. The van der Waals surface area contributed by atoms with Crippen molar-refractivity contribution in [3.63, 3.8) is 0 Å². The second-order valence-electron chi connectivity index (χ2n) is 16.1. The summed E-state index contributed by atoms with van der Waals surface area (Å²) in [5.74, 6) is 0. The Morgan fingerprint density at radius 2 is 0.710 bits per heavy atom. The molecule has 0 radical (unpaired) electrons. The molecule has 0 amide bonds. The average Bonchev–Trinajstić information content (AvgIpc) is 3.72. The zero-order valence-corrected chi connectivity index (χ0v) is 34.7. The predicted octanol–water partition coefficient (Wildman–Crippen LogP) is 17.7. The van der Waals surface area contributed by atoms with Crippen LogP contribution < -0.4 is 4.90 Å². The molecule has 11 aromatic carbocycles. The van der Waals surface area contributed by atoms with Gasteiger partial charge in [0, 0.05) is 42.3 Å². The summed E-state index contributed by atoms with van der Waals surface area (Å²) in [5, 5.41) is 9.96. The molecule has 62 heavy (non-hydrogen) atoms. The molecule has 0 aliphatic heterocycles. The van der Waals surface area contributed by atoms with Crippen molar-refractivity contribution in [2.24, 2.45) is 0 Å². The van der Waals surface area contributed by atoms with Crippen LogP contribution in [0.15, 0.2) is 237 Å². The summed E-state index contributed by atoms with van der Waals surface area (Å²) in [5.41, 5.74) is 13.1. The smallest absolute Gasteiger partial charge is 0.0547 e. The zero-order valence-electron chi connectivity index (χ0n) is 33.9. The molecule has 0 bridgehead atoms. The fourth-order valence-electron chi connectivity index (χ4n) is 9.25. The molecule has 12 rings (SSSR count). The van der Waals surface area contributed by atoms with Gasteiger partial charge in [-0.1, -0.05) is 176 Å². The van der Waals surface area contributed by atoms with Crippen molar-refractivity contribution in [2.45, 2.75) is 0 Å². The maximum Gasteiger partial charge on any atom is 0.0547 e. The fraction of sp³-hybridized carbons (Fsp3) is 0. The van der Waals surface area contributed by atoms with Gasteiger partial charge >= 0.3 is 0 Å². The van der Waals surface area contributed by atoms with Crippen LogP contribution >= 0.6 is 11.3 Å². The summed E-state index contributed by atoms with van der Waals surface area (Å²) in [4.78, 5) is 2.46. The van der Waals surface area contributed by atoms with Crippen molar-refractivity contribution in [3.8, 4) is 44.5 Å². The molecule has 2 heteroatoms. The van der Waals surface area contributed by atoms with Gasteiger partial charge in [0.1, 0.15) is 0 Å². The van der Waals surface area contributed by atoms with Crippen LogP contribution in [0.2, 0.25) is 0 Å². The summed E-state index contributed by atoms with van der Waals surface area (Å²) in [7, 11) is 0. The minimum Gasteiger partial charge on any atom is -0.310 e. The number of anilines is 3. The van der Waals surface area contributed by atoms with Crippen LogP contribution in [0.5, 0.6) is 0 Å². The molecule has 12 aromatic rings. The highest BCUT2D eigenvalue weighted by molar-refractivity contribution is 7.26. The Hall–Kier alpha value is -7.78. The number of hydrogen-bond donors (Lipinski definition) is 0. The molecule has 0 aliphatic rings. The Bertz CT molecular complexity index is 3490. The zero-order chi connectivity index (χ0) is 41.0. The summed E-state index contributed by atoms with van der Waals surface area (Å²) in [6, 6.07) is 86.8. The molecule has 0 saturated carbocycles. The summed E-state index contributed by atoms with van der Waals surface area (Å²) >= 11 is 1.89. The lowest BCUT2D eigenvalue weighted by Crippen LogP contribution is -2.10. The van der Waals surface area contributed by atoms with Crippen molar-refractivity contribution in [3.05, 3.63) is 237 Å². The number of rotatable bonds is 7. The van der Waals surface area contributed by atoms with E-state index in [9.17, 15) is 0 Å². The van der Waals surface area contributed by atoms with Crippen molar-refractivity contribution >= 4 is 80.9 Å². The third kappa shape index (κ3) is 6.41. The van der Waals surface area contributed by atoms with Crippen LogP contribution in [-0.2, 0) is 0 Å². The Balaban J connectivity index is 0.994. The summed E-state index contributed by atoms with van der Waals surface area (Å²) in [6.07, 6.45) is 0. The van der Waals surface area contributed by atoms with Gasteiger partial charge in [-0.3, -0.25) is 0 Å². The first-order valence-electron chi connectivity index (χ1n) is 21.2. The van der Waals surface area contributed by atoms with Gasteiger partial charge in [-0.05, 0) is 127 Å². The van der Waals surface area contributed by atoms with E-state index >= 15 is 0 Å². The summed E-state index contributed by atoms with van der Waals surface area (Å²) < 4.78 is 2.60. The number of benzene rings is 11. The Morgan fingerprint density at radius 3 is 1.27 bits per heavy atom. The Kier molecular flexibility index (Phi) is 8.76. The van der Waals surface area contributed by atoms with Crippen molar-refractivity contribution in [1.82, 2.24) is 0 Å². The monoisotopic (exact) mass is 805 g/mol. The minimum atomic E-state index is 1.13. The molecule has 0 fully saturated rings. The molecule has 0 aliphatic carbocycles. The summed E-state index contributed by atoms with van der Waals surface area (Å²) in [6.45, 7) is 0. The molecule has 1 aromatic heterocycles. The van der Waals surface area contributed by atoms with E-state index in [1.165, 1.54) is 103 Å². The van der Waals surface area contributed by atoms with E-state index in [1.807, 2.05) is 11.3 Å². The van der Waals surface area contributed by atoms with E-state index in [-0.39, 0.29) is 0 Å². The van der Waals surface area contributed by atoms with Gasteiger partial charge in [0.25, 0.3) is 0 Å². The van der Waals surface area contributed by atoms with Crippen LogP contribution in [0.3, 0.4) is 0 Å². The maximum absolute atomic E-state index is 2.46. The van der Waals surface area contributed by atoms with Crippen LogP contribution in [0.4, 0.5) is 17.1 Å². The number of thiophene rings is 1. The van der Waals surface area contributed by atoms with Gasteiger partial charge in [0.05, 0.1) is 5.69 Å². The number of hydrogen-bond acceptors (Lipinski definition) is 2. The lowest BCUT2D eigenvalue weighted by molar-refractivity contribution is 1.31. The maximum atomic E-state index is 2.46. The predicted molar refractivity (Wildman–Crippen MR) is 268 cm³/mol. The normalized spacial score (nSPS) is 11.5. The minimum absolute atomic E-state index is 1.13. The van der Waals surface area contributed by atoms with Gasteiger partial charge < -0.3 is 4.90 Å². The fourth-order valence-corrected chi connectivity index (χ4v) is 10.4. The molecular weight excluding hydrogens is 767 g/mol. The molecule has 1 heterocycles. The number of nitrogens with zero attached hydrogens (tertiary/aromatic N) is 1. The van der Waals surface area contributed by atoms with E-state index in [4.69, 9.17) is 0 Å². The molecule has 0 spiro atoms. The third-order valence-electron chi connectivity index (χ3n) is 12.4. The molecule has 0 atom stereocenters. The standard InChI is InChI=1S/C60H39NS/c1-3-13-40(14-4-1)49-33-50(41-15-5-2-6-16-41)35-51(34-49)45-25-23-44(24-26-45)48-29-32-59-56(38-48)57-39-58(54-21-11-12-22-55(54)60(57)62-59)61(52-30-27-42-17-7-9-19-46(42)36-52)53-31-28-43-18-8-10-20-47(43)37-53/h1-39H. The highest BCUT2D eigenvalue weighted by Gasteiger charge is 2.20. The molecule has 0 unspecified atom stereocenters. The first kappa shape index (κ1) is 36.1. The van der Waals surface area contributed by atoms with Crippen molar-refractivity contribution in [1.29, 1.82) is 0 Å². The second-order valence-corrected chi connectivity index (χ2v) is 17.2. The van der Waals surface area contributed by atoms with Crippen LogP contribution in [0, 0.1) is 0 Å². The van der Waals surface area contributed by atoms with Crippen LogP contribution in [0.1, 0.15) is 0 Å². The van der Waals surface area contributed by atoms with Gasteiger partial charge in [0.15, 0.2) is 0 Å². The number of fused-ring (bicyclic) bond motifs is 7. The SMILES string of the molecule is c1ccc(-c2cc(-c3ccccc3)cc(-c3ccc(-c4ccc5sc6c7ccccc7c(N(c7ccc8ccccc8c7)c7ccc8ccccc8c7)cc6c5c4)cc3)c2)cc1. The Morgan fingerprint density at radius 1 is 0.258 bits per heavy atom. The van der Waals surface area contributed by atoms with Crippen LogP contribution in [-0.4, -0.2) is 0 Å². The highest BCUT2D eigenvalue weighted by atomic mass is 32.1. The van der Waals surface area contributed by atoms with Crippen molar-refractivity contribution < 1.29 is 0 Å². The van der Waals surface area contributed by atoms with Crippen molar-refractivity contribution in [2.75, 3.05) is 4.90 Å². The van der Waals surface area contributed by atoms with E-state index in [0.717, 1.165) is 11.4 Å². The van der Waals surface area contributed by atoms with Gasteiger partial charge in [-0.25, -0.2) is 0 Å². The Labute approximate surface area is 365 Å². The van der Waals surface area contributed by atoms with E-state index in [1.54, 1.807) is 0 Å². The van der Waals surface area contributed by atoms with E-state index < -0.39 is 0 Å². The first-order valence-corrected chi connectivity index (χ1v) is 22.0. The molecular formula is C60H39NS. The van der Waals surface area contributed by atoms with Gasteiger partial charge in [-0.15, -0.1) is 11.3 Å². The van der Waals surface area contributed by atoms with Crippen LogP contribution in [0.25, 0.3) is 97.0 Å². The second kappa shape index (κ2) is 15.0. The molecule has 0 N–H and O–H groups in total.